The van der Waals surface area contributed by atoms with Crippen LogP contribution in [0.3, 0.4) is 0 Å². The Bertz CT molecular complexity index is 631. The van der Waals surface area contributed by atoms with Crippen LogP contribution in [0.4, 0.5) is 0 Å². The van der Waals surface area contributed by atoms with Crippen LogP contribution in [0.25, 0.3) is 0 Å². The minimum Gasteiger partial charge on any atom is -0.393 e. The molecule has 2 heterocycles. The van der Waals surface area contributed by atoms with Gasteiger partial charge >= 0.3 is 0 Å². The highest BCUT2D eigenvalue weighted by molar-refractivity contribution is 7.91. The van der Waals surface area contributed by atoms with E-state index < -0.39 is 16.1 Å². The fourth-order valence-corrected chi connectivity index (χ4v) is 5.75. The van der Waals surface area contributed by atoms with Crippen LogP contribution in [0.1, 0.15) is 13.8 Å². The molecule has 1 aromatic rings. The first kappa shape index (κ1) is 19.6. The Kier molecular flexibility index (Phi) is 6.58. The van der Waals surface area contributed by atoms with E-state index in [2.05, 4.69) is 11.5 Å². The fourth-order valence-electron chi connectivity index (χ4n) is 3.14. The van der Waals surface area contributed by atoms with E-state index in [9.17, 15) is 13.5 Å². The number of aliphatic hydroxyl groups is 1. The van der Waals surface area contributed by atoms with Gasteiger partial charge in [-0.1, -0.05) is 19.1 Å². The second-order valence-corrected chi connectivity index (χ2v) is 9.36. The average molecular weight is 374 g/mol. The lowest BCUT2D eigenvalue weighted by molar-refractivity contribution is 0.0312. The summed E-state index contributed by atoms with van der Waals surface area (Å²) in [4.78, 5) is 2.17. The van der Waals surface area contributed by atoms with Crippen molar-refractivity contribution in [2.45, 2.75) is 36.2 Å². The highest BCUT2D eigenvalue weighted by Gasteiger charge is 2.38. The van der Waals surface area contributed by atoms with Gasteiger partial charge in [0.05, 0.1) is 6.10 Å². The first-order valence-corrected chi connectivity index (χ1v) is 10.4. The monoisotopic (exact) mass is 373 g/mol. The molecule has 24 heavy (non-hydrogen) atoms. The zero-order valence-electron chi connectivity index (χ0n) is 14.2. The van der Waals surface area contributed by atoms with Crippen molar-refractivity contribution in [2.24, 2.45) is 11.7 Å². The van der Waals surface area contributed by atoms with Gasteiger partial charge in [0.25, 0.3) is 10.0 Å². The molecule has 0 aromatic carbocycles. The van der Waals surface area contributed by atoms with Gasteiger partial charge in [-0.25, -0.2) is 8.42 Å². The second kappa shape index (κ2) is 8.07. The molecule has 1 aromatic heterocycles. The van der Waals surface area contributed by atoms with Crippen LogP contribution >= 0.6 is 11.3 Å². The van der Waals surface area contributed by atoms with Gasteiger partial charge in [0, 0.05) is 44.2 Å². The van der Waals surface area contributed by atoms with Gasteiger partial charge in [-0.2, -0.15) is 4.31 Å². The molecule has 0 radical (unpaired) electrons. The van der Waals surface area contributed by atoms with E-state index in [0.29, 0.717) is 30.4 Å². The molecule has 0 bridgehead atoms. The molecule has 2 rings (SSSR count). The molecule has 1 aliphatic rings. The molecule has 6 nitrogen and oxygen atoms in total. The van der Waals surface area contributed by atoms with Crippen LogP contribution in [0.15, 0.2) is 34.4 Å². The largest absolute Gasteiger partial charge is 0.393 e. The zero-order valence-corrected chi connectivity index (χ0v) is 15.8. The smallest absolute Gasteiger partial charge is 0.252 e. The Balaban J connectivity index is 2.18. The van der Waals surface area contributed by atoms with Crippen molar-refractivity contribution in [2.75, 3.05) is 26.2 Å². The molecular formula is C16H27N3O3S2. The number of rotatable bonds is 7. The Labute approximate surface area is 148 Å². The van der Waals surface area contributed by atoms with Crippen molar-refractivity contribution in [1.82, 2.24) is 9.21 Å². The van der Waals surface area contributed by atoms with Crippen LogP contribution in [-0.2, 0) is 10.0 Å². The van der Waals surface area contributed by atoms with Crippen molar-refractivity contribution in [1.29, 1.82) is 0 Å². The molecule has 1 saturated heterocycles. The van der Waals surface area contributed by atoms with Crippen LogP contribution in [-0.4, -0.2) is 67.1 Å². The van der Waals surface area contributed by atoms with Gasteiger partial charge in [0.2, 0.25) is 0 Å². The minimum atomic E-state index is -3.46. The quantitative estimate of drug-likeness (QED) is 0.695. The summed E-state index contributed by atoms with van der Waals surface area (Å²) in [6, 6.07) is 3.24. The minimum absolute atomic E-state index is 0.00277. The molecule has 3 N–H and O–H groups in total. The van der Waals surface area contributed by atoms with Crippen molar-refractivity contribution in [3.05, 3.63) is 30.2 Å². The SMILES string of the molecule is C=CC([C@@H](C)[C@@H](C)O)N1CCN(S(=O)(=O)c2cccs2)C[C@@H]1CN. The second-order valence-electron chi connectivity index (χ2n) is 6.25. The molecule has 0 saturated carbocycles. The van der Waals surface area contributed by atoms with E-state index in [-0.39, 0.29) is 18.0 Å². The summed E-state index contributed by atoms with van der Waals surface area (Å²) in [6.07, 6.45) is 1.35. The first-order chi connectivity index (χ1) is 11.3. The maximum atomic E-state index is 12.7. The van der Waals surface area contributed by atoms with E-state index in [0.717, 1.165) is 0 Å². The molecule has 1 fully saturated rings. The first-order valence-electron chi connectivity index (χ1n) is 8.13. The summed E-state index contributed by atoms with van der Waals surface area (Å²) in [5.41, 5.74) is 5.93. The van der Waals surface area contributed by atoms with Gasteiger partial charge in [-0.05, 0) is 18.4 Å². The van der Waals surface area contributed by atoms with Gasteiger partial charge < -0.3 is 10.8 Å². The van der Waals surface area contributed by atoms with E-state index >= 15 is 0 Å². The number of aliphatic hydroxyl groups excluding tert-OH is 1. The molecule has 8 heteroatoms. The van der Waals surface area contributed by atoms with Crippen LogP contribution in [0, 0.1) is 5.92 Å². The van der Waals surface area contributed by atoms with Crippen molar-refractivity contribution < 1.29 is 13.5 Å². The molecule has 4 atom stereocenters. The summed E-state index contributed by atoms with van der Waals surface area (Å²) in [5, 5.41) is 11.7. The number of hydrogen-bond acceptors (Lipinski definition) is 6. The Morgan fingerprint density at radius 3 is 2.71 bits per heavy atom. The lowest BCUT2D eigenvalue weighted by Crippen LogP contribution is -2.61. The standard InChI is InChI=1S/C16H27N3O3S2/c1-4-15(12(2)13(3)20)19-8-7-18(11-14(19)10-17)24(21,22)16-6-5-9-23-16/h4-6,9,12-15,20H,1,7-8,10-11,17H2,2-3H3/t12-,13+,14-,15?/m0/s1. The molecule has 136 valence electrons. The van der Waals surface area contributed by atoms with Gasteiger partial charge in [0.15, 0.2) is 0 Å². The summed E-state index contributed by atoms with van der Waals surface area (Å²) in [7, 11) is -3.46. The lowest BCUT2D eigenvalue weighted by atomic mass is 9.93. The van der Waals surface area contributed by atoms with Gasteiger partial charge in [-0.15, -0.1) is 17.9 Å². The van der Waals surface area contributed by atoms with E-state index in [4.69, 9.17) is 5.73 Å². The summed E-state index contributed by atoms with van der Waals surface area (Å²) < 4.78 is 27.3. The van der Waals surface area contributed by atoms with E-state index in [1.165, 1.54) is 15.6 Å². The average Bonchev–Trinajstić information content (AvgIpc) is 3.10. The van der Waals surface area contributed by atoms with Gasteiger partial charge in [-0.3, -0.25) is 4.90 Å². The summed E-state index contributed by atoms with van der Waals surface area (Å²) >= 11 is 1.23. The maximum Gasteiger partial charge on any atom is 0.252 e. The Morgan fingerprint density at radius 2 is 2.21 bits per heavy atom. The Morgan fingerprint density at radius 1 is 1.50 bits per heavy atom. The van der Waals surface area contributed by atoms with Crippen molar-refractivity contribution >= 4 is 21.4 Å². The third kappa shape index (κ3) is 3.89. The van der Waals surface area contributed by atoms with Crippen molar-refractivity contribution in [3.63, 3.8) is 0 Å². The maximum absolute atomic E-state index is 12.7. The van der Waals surface area contributed by atoms with Crippen molar-refractivity contribution in [3.8, 4) is 0 Å². The van der Waals surface area contributed by atoms with Crippen LogP contribution in [0.5, 0.6) is 0 Å². The highest BCUT2D eigenvalue weighted by Crippen LogP contribution is 2.26. The molecule has 0 spiro atoms. The zero-order chi connectivity index (χ0) is 17.9. The molecular weight excluding hydrogens is 346 g/mol. The topological polar surface area (TPSA) is 86.9 Å². The Hall–Kier alpha value is -0.770. The lowest BCUT2D eigenvalue weighted by Gasteiger charge is -2.45. The number of hydrogen-bond donors (Lipinski definition) is 2. The highest BCUT2D eigenvalue weighted by atomic mass is 32.2. The number of sulfonamides is 1. The van der Waals surface area contributed by atoms with E-state index in [1.807, 2.05) is 13.0 Å². The summed E-state index contributed by atoms with van der Waals surface area (Å²) in [5.74, 6) is -0.00277. The molecule has 0 aliphatic carbocycles. The number of nitrogens with zero attached hydrogens (tertiary/aromatic N) is 2. The third-order valence-corrected chi connectivity index (χ3v) is 8.01. The molecule has 0 amide bonds. The summed E-state index contributed by atoms with van der Waals surface area (Å²) in [6.45, 7) is 9.31. The molecule has 1 unspecified atom stereocenters. The normalized spacial score (nSPS) is 24.4. The van der Waals surface area contributed by atoms with Gasteiger partial charge in [0.1, 0.15) is 4.21 Å². The number of piperazine rings is 1. The predicted molar refractivity (Wildman–Crippen MR) is 97.5 cm³/mol. The van der Waals surface area contributed by atoms with E-state index in [1.54, 1.807) is 24.4 Å². The number of nitrogens with two attached hydrogens (primary N) is 1. The van der Waals surface area contributed by atoms with Crippen LogP contribution < -0.4 is 5.73 Å². The molecule has 1 aliphatic heterocycles. The third-order valence-electron chi connectivity index (χ3n) is 4.78. The number of thiophene rings is 1. The predicted octanol–water partition coefficient (Wildman–Crippen LogP) is 0.953. The van der Waals surface area contributed by atoms with Crippen LogP contribution in [0.2, 0.25) is 0 Å². The fraction of sp³-hybridized carbons (Fsp3) is 0.625.